The van der Waals surface area contributed by atoms with E-state index in [4.69, 9.17) is 0 Å². The van der Waals surface area contributed by atoms with Gasteiger partial charge < -0.3 is 5.11 Å². The molecule has 0 amide bonds. The molecule has 0 aliphatic carbocycles. The molecule has 0 aliphatic rings. The van der Waals surface area contributed by atoms with Crippen molar-refractivity contribution in [3.05, 3.63) is 12.2 Å². The fourth-order valence-electron chi connectivity index (χ4n) is 2.00. The molecule has 1 heterocycles. The van der Waals surface area contributed by atoms with Crippen LogP contribution in [0.2, 0.25) is 0 Å². The number of unbranched alkanes of at least 4 members (excludes halogenated alkanes) is 1. The molecular weight excluding hydrogens is 202 g/mol. The Labute approximate surface area is 97.7 Å². The zero-order valence-corrected chi connectivity index (χ0v) is 10.6. The van der Waals surface area contributed by atoms with E-state index in [1.807, 2.05) is 7.05 Å². The highest BCUT2D eigenvalue weighted by atomic mass is 16.3. The van der Waals surface area contributed by atoms with Crippen molar-refractivity contribution in [2.24, 2.45) is 12.5 Å². The van der Waals surface area contributed by atoms with Gasteiger partial charge in [-0.1, -0.05) is 26.7 Å². The Morgan fingerprint density at radius 2 is 2.19 bits per heavy atom. The number of aliphatic hydroxyl groups is 1. The maximum Gasteiger partial charge on any atom is 0.138 e. The van der Waals surface area contributed by atoms with Crippen LogP contribution in [0.3, 0.4) is 0 Å². The molecule has 1 unspecified atom stereocenters. The molecule has 1 N–H and O–H groups in total. The van der Waals surface area contributed by atoms with Crippen LogP contribution >= 0.6 is 0 Å². The van der Waals surface area contributed by atoms with E-state index in [0.29, 0.717) is 0 Å². The molecule has 0 saturated carbocycles. The van der Waals surface area contributed by atoms with Gasteiger partial charge >= 0.3 is 0 Å². The Hall–Kier alpha value is -0.900. The van der Waals surface area contributed by atoms with Gasteiger partial charge in [0.2, 0.25) is 0 Å². The highest BCUT2D eigenvalue weighted by Crippen LogP contribution is 2.31. The minimum absolute atomic E-state index is 0.0171. The summed E-state index contributed by atoms with van der Waals surface area (Å²) in [6.07, 6.45) is 6.76. The first-order valence-electron chi connectivity index (χ1n) is 6.11. The maximum atomic E-state index is 9.64. The van der Waals surface area contributed by atoms with E-state index in [0.717, 1.165) is 31.5 Å². The van der Waals surface area contributed by atoms with Gasteiger partial charge in [-0.25, -0.2) is 4.98 Å². The summed E-state index contributed by atoms with van der Waals surface area (Å²) in [5.41, 5.74) is -0.0171. The molecule has 1 aromatic rings. The van der Waals surface area contributed by atoms with Gasteiger partial charge in [-0.3, -0.25) is 4.68 Å². The molecule has 0 fully saturated rings. The van der Waals surface area contributed by atoms with E-state index in [1.165, 1.54) is 6.42 Å². The number of aliphatic hydroxyl groups excluding tert-OH is 1. The Balaban J connectivity index is 2.73. The number of hydrogen-bond donors (Lipinski definition) is 1. The summed E-state index contributed by atoms with van der Waals surface area (Å²) in [4.78, 5) is 4.25. The molecule has 0 spiro atoms. The Bertz CT molecular complexity index is 305. The lowest BCUT2D eigenvalue weighted by Gasteiger charge is -2.30. The summed E-state index contributed by atoms with van der Waals surface area (Å²) in [7, 11) is 1.90. The van der Waals surface area contributed by atoms with Crippen molar-refractivity contribution in [1.82, 2.24) is 14.8 Å². The molecule has 0 aliphatic heterocycles. The topological polar surface area (TPSA) is 50.9 Å². The molecule has 0 bridgehead atoms. The minimum Gasteiger partial charge on any atom is -0.396 e. The van der Waals surface area contributed by atoms with E-state index in [1.54, 1.807) is 11.0 Å². The lowest BCUT2D eigenvalue weighted by atomic mass is 9.78. The molecule has 0 saturated heterocycles. The standard InChI is InChI=1S/C12H23N3O/c1-4-6-7-12(5-2,9-16)8-11-13-10-14-15(11)3/h10,16H,4-9H2,1-3H3. The lowest BCUT2D eigenvalue weighted by Crippen LogP contribution is -2.29. The van der Waals surface area contributed by atoms with Gasteiger partial charge in [0.25, 0.3) is 0 Å². The van der Waals surface area contributed by atoms with Gasteiger partial charge in [-0.05, 0) is 12.8 Å². The first-order valence-corrected chi connectivity index (χ1v) is 6.11. The zero-order chi connectivity index (χ0) is 12.0. The van der Waals surface area contributed by atoms with E-state index >= 15 is 0 Å². The molecule has 4 nitrogen and oxygen atoms in total. The summed E-state index contributed by atoms with van der Waals surface area (Å²) < 4.78 is 1.80. The average molecular weight is 225 g/mol. The van der Waals surface area contributed by atoms with Gasteiger partial charge in [0.15, 0.2) is 0 Å². The zero-order valence-electron chi connectivity index (χ0n) is 10.6. The Morgan fingerprint density at radius 3 is 2.62 bits per heavy atom. The van der Waals surface area contributed by atoms with Gasteiger partial charge in [-0.15, -0.1) is 0 Å². The fourth-order valence-corrected chi connectivity index (χ4v) is 2.00. The van der Waals surface area contributed by atoms with E-state index in [9.17, 15) is 5.11 Å². The molecular formula is C12H23N3O. The number of nitrogens with zero attached hydrogens (tertiary/aromatic N) is 3. The minimum atomic E-state index is -0.0171. The first-order chi connectivity index (χ1) is 7.67. The van der Waals surface area contributed by atoms with E-state index in [2.05, 4.69) is 23.9 Å². The van der Waals surface area contributed by atoms with Crippen LogP contribution in [-0.2, 0) is 13.5 Å². The number of hydrogen-bond acceptors (Lipinski definition) is 3. The summed E-state index contributed by atoms with van der Waals surface area (Å²) in [5, 5.41) is 13.7. The van der Waals surface area contributed by atoms with Gasteiger partial charge in [0.1, 0.15) is 12.2 Å². The number of rotatable bonds is 7. The monoisotopic (exact) mass is 225 g/mol. The predicted octanol–water partition coefficient (Wildman–Crippen LogP) is 1.94. The van der Waals surface area contributed by atoms with Crippen LogP contribution < -0.4 is 0 Å². The van der Waals surface area contributed by atoms with Crippen molar-refractivity contribution in [1.29, 1.82) is 0 Å². The third kappa shape index (κ3) is 3.04. The molecule has 1 atom stereocenters. The van der Waals surface area contributed by atoms with Gasteiger partial charge in [0, 0.05) is 25.5 Å². The SMILES string of the molecule is CCCCC(CC)(CO)Cc1ncnn1C. The molecule has 1 rings (SSSR count). The van der Waals surface area contributed by atoms with E-state index in [-0.39, 0.29) is 12.0 Å². The Morgan fingerprint density at radius 1 is 1.44 bits per heavy atom. The molecule has 16 heavy (non-hydrogen) atoms. The molecule has 4 heteroatoms. The quantitative estimate of drug-likeness (QED) is 0.771. The molecule has 0 aromatic carbocycles. The second kappa shape index (κ2) is 5.99. The summed E-state index contributed by atoms with van der Waals surface area (Å²) >= 11 is 0. The van der Waals surface area contributed by atoms with Crippen LogP contribution in [0.4, 0.5) is 0 Å². The molecule has 92 valence electrons. The number of aryl methyl sites for hydroxylation is 1. The second-order valence-corrected chi connectivity index (χ2v) is 4.59. The van der Waals surface area contributed by atoms with Crippen LogP contribution in [0.25, 0.3) is 0 Å². The highest BCUT2D eigenvalue weighted by Gasteiger charge is 2.28. The summed E-state index contributed by atoms with van der Waals surface area (Å²) in [6, 6.07) is 0. The Kier molecular flexibility index (Phi) is 4.93. The van der Waals surface area contributed by atoms with Crippen LogP contribution in [0, 0.1) is 5.41 Å². The van der Waals surface area contributed by atoms with Crippen molar-refractivity contribution >= 4 is 0 Å². The smallest absolute Gasteiger partial charge is 0.138 e. The molecule has 0 radical (unpaired) electrons. The van der Waals surface area contributed by atoms with Crippen molar-refractivity contribution < 1.29 is 5.11 Å². The predicted molar refractivity (Wildman–Crippen MR) is 64.0 cm³/mol. The third-order valence-electron chi connectivity index (χ3n) is 3.48. The third-order valence-corrected chi connectivity index (χ3v) is 3.48. The summed E-state index contributed by atoms with van der Waals surface area (Å²) in [6.45, 7) is 4.55. The fraction of sp³-hybridized carbons (Fsp3) is 0.833. The average Bonchev–Trinajstić information content (AvgIpc) is 2.70. The van der Waals surface area contributed by atoms with E-state index < -0.39 is 0 Å². The molecule has 1 aromatic heterocycles. The van der Waals surface area contributed by atoms with Crippen LogP contribution in [0.5, 0.6) is 0 Å². The first kappa shape index (κ1) is 13.2. The normalized spacial score (nSPS) is 15.0. The van der Waals surface area contributed by atoms with Crippen molar-refractivity contribution in [3.8, 4) is 0 Å². The maximum absolute atomic E-state index is 9.64. The highest BCUT2D eigenvalue weighted by molar-refractivity contribution is 4.93. The van der Waals surface area contributed by atoms with Gasteiger partial charge in [0.05, 0.1) is 0 Å². The largest absolute Gasteiger partial charge is 0.396 e. The lowest BCUT2D eigenvalue weighted by molar-refractivity contribution is 0.104. The second-order valence-electron chi connectivity index (χ2n) is 4.59. The number of aromatic nitrogens is 3. The van der Waals surface area contributed by atoms with Crippen LogP contribution in [0.1, 0.15) is 45.4 Å². The van der Waals surface area contributed by atoms with Crippen molar-refractivity contribution in [2.45, 2.75) is 46.0 Å². The van der Waals surface area contributed by atoms with Crippen molar-refractivity contribution in [2.75, 3.05) is 6.61 Å². The van der Waals surface area contributed by atoms with Gasteiger partial charge in [-0.2, -0.15) is 5.10 Å². The summed E-state index contributed by atoms with van der Waals surface area (Å²) in [5.74, 6) is 0.965. The van der Waals surface area contributed by atoms with Crippen molar-refractivity contribution in [3.63, 3.8) is 0 Å². The van der Waals surface area contributed by atoms with Crippen LogP contribution in [0.15, 0.2) is 6.33 Å². The van der Waals surface area contributed by atoms with Crippen LogP contribution in [-0.4, -0.2) is 26.5 Å².